The van der Waals surface area contributed by atoms with Gasteiger partial charge >= 0.3 is 0 Å². The van der Waals surface area contributed by atoms with Crippen LogP contribution in [0.25, 0.3) is 0 Å². The van der Waals surface area contributed by atoms with Gasteiger partial charge in [0, 0.05) is 16.8 Å². The Morgan fingerprint density at radius 1 is 1.33 bits per heavy atom. The van der Waals surface area contributed by atoms with Crippen LogP contribution in [0.1, 0.15) is 76.0 Å². The molecule has 1 aromatic rings. The van der Waals surface area contributed by atoms with Crippen molar-refractivity contribution in [1.29, 1.82) is 0 Å². The van der Waals surface area contributed by atoms with E-state index in [1.54, 1.807) is 11.3 Å². The third-order valence-corrected chi connectivity index (χ3v) is 5.29. The van der Waals surface area contributed by atoms with Crippen molar-refractivity contribution in [2.24, 2.45) is 5.73 Å². The number of thiazole rings is 1. The number of carbonyl (C=O) groups excluding carboxylic acids is 1. The van der Waals surface area contributed by atoms with E-state index in [0.717, 1.165) is 23.5 Å². The van der Waals surface area contributed by atoms with Crippen molar-refractivity contribution in [2.45, 2.75) is 76.8 Å². The third-order valence-electron chi connectivity index (χ3n) is 4.00. The molecule has 21 heavy (non-hydrogen) atoms. The first-order chi connectivity index (χ1) is 9.88. The quantitative estimate of drug-likeness (QED) is 0.839. The second kappa shape index (κ2) is 6.88. The molecule has 0 radical (unpaired) electrons. The minimum Gasteiger partial charge on any atom is -0.368 e. The maximum absolute atomic E-state index is 11.8. The van der Waals surface area contributed by atoms with Gasteiger partial charge in [0.25, 0.3) is 0 Å². The Kier molecular flexibility index (Phi) is 5.38. The van der Waals surface area contributed by atoms with Gasteiger partial charge in [-0.3, -0.25) is 10.1 Å². The van der Waals surface area contributed by atoms with E-state index < -0.39 is 6.04 Å². The van der Waals surface area contributed by atoms with Gasteiger partial charge in [-0.2, -0.15) is 0 Å². The van der Waals surface area contributed by atoms with E-state index in [9.17, 15) is 4.79 Å². The number of rotatable bonds is 4. The molecule has 0 bridgehead atoms. The Morgan fingerprint density at radius 3 is 2.43 bits per heavy atom. The molecule has 3 N–H and O–H groups in total. The molecule has 1 aromatic heterocycles. The fourth-order valence-corrected chi connectivity index (χ4v) is 3.69. The molecule has 118 valence electrons. The number of aromatic nitrogens is 1. The largest absolute Gasteiger partial charge is 0.368 e. The Hall–Kier alpha value is -0.940. The molecule has 0 aliphatic heterocycles. The van der Waals surface area contributed by atoms with Crippen LogP contribution in [0.15, 0.2) is 5.38 Å². The molecule has 0 saturated heterocycles. The molecular formula is C16H27N3OS. The van der Waals surface area contributed by atoms with Crippen molar-refractivity contribution in [3.8, 4) is 0 Å². The van der Waals surface area contributed by atoms with E-state index in [4.69, 9.17) is 5.73 Å². The van der Waals surface area contributed by atoms with Gasteiger partial charge in [0.2, 0.25) is 5.91 Å². The molecule has 4 nitrogen and oxygen atoms in total. The zero-order valence-electron chi connectivity index (χ0n) is 13.3. The van der Waals surface area contributed by atoms with Crippen LogP contribution in [0.5, 0.6) is 0 Å². The topological polar surface area (TPSA) is 68.0 Å². The van der Waals surface area contributed by atoms with Crippen molar-refractivity contribution >= 4 is 17.2 Å². The number of hydrogen-bond acceptors (Lipinski definition) is 4. The highest BCUT2D eigenvalue weighted by Crippen LogP contribution is 2.28. The summed E-state index contributed by atoms with van der Waals surface area (Å²) >= 11 is 1.61. The zero-order chi connectivity index (χ0) is 15.5. The summed E-state index contributed by atoms with van der Waals surface area (Å²) in [6.45, 7) is 6.40. The molecule has 0 aromatic carbocycles. The van der Waals surface area contributed by atoms with E-state index in [0.29, 0.717) is 6.04 Å². The van der Waals surface area contributed by atoms with Gasteiger partial charge < -0.3 is 5.73 Å². The molecule has 0 spiro atoms. The minimum atomic E-state index is -0.458. The smallest absolute Gasteiger partial charge is 0.240 e. The van der Waals surface area contributed by atoms with Gasteiger partial charge in [-0.1, -0.05) is 46.5 Å². The number of hydrogen-bond donors (Lipinski definition) is 2. The molecule has 1 atom stereocenters. The summed E-state index contributed by atoms with van der Waals surface area (Å²) in [5, 5.41) is 6.47. The second-order valence-electron chi connectivity index (χ2n) is 7.02. The highest BCUT2D eigenvalue weighted by atomic mass is 32.1. The van der Waals surface area contributed by atoms with Crippen molar-refractivity contribution in [2.75, 3.05) is 0 Å². The van der Waals surface area contributed by atoms with Gasteiger partial charge in [-0.15, -0.1) is 11.3 Å². The Morgan fingerprint density at radius 2 is 1.95 bits per heavy atom. The van der Waals surface area contributed by atoms with Crippen molar-refractivity contribution in [3.05, 3.63) is 16.1 Å². The summed E-state index contributed by atoms with van der Waals surface area (Å²) in [5.41, 5.74) is 6.39. The summed E-state index contributed by atoms with van der Waals surface area (Å²) in [7, 11) is 0. The molecule has 1 amide bonds. The lowest BCUT2D eigenvalue weighted by atomic mass is 9.98. The SMILES string of the molecule is CC(C)(C)c1nc(C(NC2CCCCCC2)C(N)=O)cs1. The maximum Gasteiger partial charge on any atom is 0.240 e. The van der Waals surface area contributed by atoms with Gasteiger partial charge in [0.15, 0.2) is 0 Å². The van der Waals surface area contributed by atoms with E-state index in [1.165, 1.54) is 25.7 Å². The van der Waals surface area contributed by atoms with Crippen molar-refractivity contribution in [3.63, 3.8) is 0 Å². The van der Waals surface area contributed by atoms with Gasteiger partial charge in [-0.25, -0.2) is 4.98 Å². The summed E-state index contributed by atoms with van der Waals surface area (Å²) < 4.78 is 0. The monoisotopic (exact) mass is 309 g/mol. The molecular weight excluding hydrogens is 282 g/mol. The molecule has 1 saturated carbocycles. The Bertz CT molecular complexity index is 470. The number of carbonyl (C=O) groups is 1. The molecule has 1 aliphatic rings. The van der Waals surface area contributed by atoms with Crippen LogP contribution in [-0.4, -0.2) is 16.9 Å². The summed E-state index contributed by atoms with van der Waals surface area (Å²) in [6, 6.07) is -0.0785. The first-order valence-electron chi connectivity index (χ1n) is 7.89. The molecule has 1 fully saturated rings. The van der Waals surface area contributed by atoms with E-state index in [-0.39, 0.29) is 11.3 Å². The van der Waals surface area contributed by atoms with E-state index in [2.05, 4.69) is 31.1 Å². The van der Waals surface area contributed by atoms with Gasteiger partial charge in [0.1, 0.15) is 6.04 Å². The van der Waals surface area contributed by atoms with Crippen molar-refractivity contribution in [1.82, 2.24) is 10.3 Å². The number of nitrogens with two attached hydrogens (primary N) is 1. The first kappa shape index (κ1) is 16.4. The fourth-order valence-electron chi connectivity index (χ4n) is 2.76. The lowest BCUT2D eigenvalue weighted by Crippen LogP contribution is -2.40. The van der Waals surface area contributed by atoms with Crippen LogP contribution in [-0.2, 0) is 10.2 Å². The summed E-state index contributed by atoms with van der Waals surface area (Å²) in [5.74, 6) is -0.329. The minimum absolute atomic E-state index is 0.00737. The molecule has 1 heterocycles. The van der Waals surface area contributed by atoms with Crippen LogP contribution in [0.3, 0.4) is 0 Å². The highest BCUT2D eigenvalue weighted by molar-refractivity contribution is 7.09. The zero-order valence-corrected chi connectivity index (χ0v) is 14.1. The van der Waals surface area contributed by atoms with Crippen LogP contribution in [0, 0.1) is 0 Å². The van der Waals surface area contributed by atoms with E-state index >= 15 is 0 Å². The fraction of sp³-hybridized carbons (Fsp3) is 0.750. The Labute approximate surface area is 131 Å². The highest BCUT2D eigenvalue weighted by Gasteiger charge is 2.27. The standard InChI is InChI=1S/C16H27N3OS/c1-16(2,3)15-19-12(10-21-15)13(14(17)20)18-11-8-6-4-5-7-9-11/h10-11,13,18H,4-9H2,1-3H3,(H2,17,20). The molecule has 1 unspecified atom stereocenters. The predicted octanol–water partition coefficient (Wildman–Crippen LogP) is 3.28. The lowest BCUT2D eigenvalue weighted by Gasteiger charge is -2.22. The number of nitrogens with one attached hydrogen (secondary N) is 1. The second-order valence-corrected chi connectivity index (χ2v) is 7.88. The number of primary amides is 1. The van der Waals surface area contributed by atoms with Gasteiger partial charge in [0.05, 0.1) is 10.7 Å². The molecule has 2 rings (SSSR count). The molecule has 1 aliphatic carbocycles. The number of amides is 1. The number of nitrogens with zero attached hydrogens (tertiary/aromatic N) is 1. The Balaban J connectivity index is 2.11. The maximum atomic E-state index is 11.8. The van der Waals surface area contributed by atoms with E-state index in [1.807, 2.05) is 5.38 Å². The van der Waals surface area contributed by atoms with Crippen molar-refractivity contribution < 1.29 is 4.79 Å². The third kappa shape index (κ3) is 4.51. The summed E-state index contributed by atoms with van der Waals surface area (Å²) in [4.78, 5) is 16.5. The average Bonchev–Trinajstić information content (AvgIpc) is 2.74. The normalized spacial score (nSPS) is 19.2. The van der Waals surface area contributed by atoms with Crippen LogP contribution in [0.4, 0.5) is 0 Å². The lowest BCUT2D eigenvalue weighted by molar-refractivity contribution is -0.120. The summed E-state index contributed by atoms with van der Waals surface area (Å²) in [6.07, 6.45) is 7.30. The average molecular weight is 309 g/mol. The van der Waals surface area contributed by atoms with Crippen LogP contribution in [0.2, 0.25) is 0 Å². The van der Waals surface area contributed by atoms with Crippen LogP contribution < -0.4 is 11.1 Å². The van der Waals surface area contributed by atoms with Gasteiger partial charge in [-0.05, 0) is 12.8 Å². The first-order valence-corrected chi connectivity index (χ1v) is 8.77. The molecule has 5 heteroatoms. The predicted molar refractivity (Wildman–Crippen MR) is 87.4 cm³/mol. The van der Waals surface area contributed by atoms with Crippen LogP contribution >= 0.6 is 11.3 Å².